The van der Waals surface area contributed by atoms with Crippen LogP contribution < -0.4 is 5.32 Å². The molecule has 3 rings (SSSR count). The summed E-state index contributed by atoms with van der Waals surface area (Å²) in [5.74, 6) is 2.58. The van der Waals surface area contributed by atoms with E-state index < -0.39 is 0 Å². The monoisotopic (exact) mass is 291 g/mol. The Morgan fingerprint density at radius 2 is 2.05 bits per heavy atom. The minimum absolute atomic E-state index is 0.719. The summed E-state index contributed by atoms with van der Waals surface area (Å²) >= 11 is 6.07. The third-order valence-corrected chi connectivity index (χ3v) is 5.43. The molecule has 20 heavy (non-hydrogen) atoms. The van der Waals surface area contributed by atoms with Crippen LogP contribution in [0, 0.1) is 11.8 Å². The lowest BCUT2D eigenvalue weighted by Crippen LogP contribution is -2.42. The van der Waals surface area contributed by atoms with Gasteiger partial charge in [-0.2, -0.15) is 0 Å². The fraction of sp³-hybridized carbons (Fsp3) is 0.667. The van der Waals surface area contributed by atoms with E-state index in [1.165, 1.54) is 50.6 Å². The quantitative estimate of drug-likeness (QED) is 0.823. The molecule has 0 spiro atoms. The zero-order chi connectivity index (χ0) is 13.9. The Labute approximate surface area is 128 Å². The molecule has 2 heteroatoms. The third-order valence-electron chi connectivity index (χ3n) is 5.20. The van der Waals surface area contributed by atoms with E-state index in [0.717, 1.165) is 28.8 Å². The molecule has 2 saturated carbocycles. The molecule has 0 bridgehead atoms. The third kappa shape index (κ3) is 3.56. The molecule has 0 amide bonds. The molecule has 2 aliphatic carbocycles. The van der Waals surface area contributed by atoms with Gasteiger partial charge in [0.25, 0.3) is 0 Å². The normalized spacial score (nSPS) is 33.7. The first-order valence-electron chi connectivity index (χ1n) is 8.19. The van der Waals surface area contributed by atoms with Crippen LogP contribution in [0.5, 0.6) is 0 Å². The highest BCUT2D eigenvalue weighted by Gasteiger charge is 2.30. The van der Waals surface area contributed by atoms with Crippen molar-refractivity contribution in [3.8, 4) is 0 Å². The minimum Gasteiger partial charge on any atom is -0.314 e. The molecule has 2 aliphatic rings. The lowest BCUT2D eigenvalue weighted by molar-refractivity contribution is 0.232. The Morgan fingerprint density at radius 3 is 2.80 bits per heavy atom. The van der Waals surface area contributed by atoms with Crippen LogP contribution in [0.15, 0.2) is 24.3 Å². The van der Waals surface area contributed by atoms with E-state index >= 15 is 0 Å². The number of benzene rings is 1. The zero-order valence-corrected chi connectivity index (χ0v) is 13.2. The van der Waals surface area contributed by atoms with Gasteiger partial charge in [0.15, 0.2) is 0 Å². The van der Waals surface area contributed by atoms with Gasteiger partial charge in [-0.15, -0.1) is 0 Å². The molecule has 1 N–H and O–H groups in total. The van der Waals surface area contributed by atoms with Crippen LogP contribution in [-0.2, 0) is 0 Å². The van der Waals surface area contributed by atoms with Crippen molar-refractivity contribution in [1.29, 1.82) is 0 Å². The maximum absolute atomic E-state index is 6.07. The van der Waals surface area contributed by atoms with Crippen LogP contribution in [0.4, 0.5) is 0 Å². The fourth-order valence-electron chi connectivity index (χ4n) is 3.90. The molecule has 110 valence electrons. The maximum Gasteiger partial charge on any atom is 0.0408 e. The number of hydrogen-bond donors (Lipinski definition) is 1. The second-order valence-corrected chi connectivity index (χ2v) is 7.40. The first kappa shape index (κ1) is 14.4. The molecular formula is C18H26ClN. The largest absolute Gasteiger partial charge is 0.314 e. The molecule has 1 aromatic carbocycles. The van der Waals surface area contributed by atoms with Gasteiger partial charge < -0.3 is 5.32 Å². The Hall–Kier alpha value is -0.530. The number of nitrogens with one attached hydrogen (secondary N) is 1. The average molecular weight is 292 g/mol. The van der Waals surface area contributed by atoms with E-state index in [4.69, 9.17) is 11.6 Å². The molecule has 2 unspecified atom stereocenters. The highest BCUT2D eigenvalue weighted by molar-refractivity contribution is 6.30. The van der Waals surface area contributed by atoms with Gasteiger partial charge in [-0.1, -0.05) is 43.5 Å². The van der Waals surface area contributed by atoms with Crippen molar-refractivity contribution < 1.29 is 0 Å². The zero-order valence-electron chi connectivity index (χ0n) is 12.4. The summed E-state index contributed by atoms with van der Waals surface area (Å²) in [6.07, 6.45) is 8.30. The number of halogens is 1. The molecular weight excluding hydrogens is 266 g/mol. The predicted octanol–water partition coefficient (Wildman–Crippen LogP) is 5.00. The van der Waals surface area contributed by atoms with Crippen molar-refractivity contribution in [2.24, 2.45) is 11.8 Å². The van der Waals surface area contributed by atoms with Crippen LogP contribution in [0.3, 0.4) is 0 Å². The summed E-state index contributed by atoms with van der Waals surface area (Å²) in [4.78, 5) is 0. The molecule has 2 fully saturated rings. The van der Waals surface area contributed by atoms with E-state index in [1.807, 2.05) is 6.07 Å². The summed E-state index contributed by atoms with van der Waals surface area (Å²) < 4.78 is 0. The Bertz CT molecular complexity index is 439. The fourth-order valence-corrected chi connectivity index (χ4v) is 4.09. The topological polar surface area (TPSA) is 12.0 Å². The van der Waals surface area contributed by atoms with Gasteiger partial charge in [-0.25, -0.2) is 0 Å². The first-order chi connectivity index (χ1) is 9.70. The summed E-state index contributed by atoms with van der Waals surface area (Å²) in [5.41, 5.74) is 1.42. The minimum atomic E-state index is 0.719. The van der Waals surface area contributed by atoms with Crippen molar-refractivity contribution in [1.82, 2.24) is 5.32 Å². The van der Waals surface area contributed by atoms with Crippen LogP contribution in [0.2, 0.25) is 5.02 Å². The van der Waals surface area contributed by atoms with E-state index in [9.17, 15) is 0 Å². The second kappa shape index (κ2) is 6.49. The van der Waals surface area contributed by atoms with E-state index in [0.29, 0.717) is 0 Å². The van der Waals surface area contributed by atoms with Gasteiger partial charge in [0.2, 0.25) is 0 Å². The molecule has 0 heterocycles. The van der Waals surface area contributed by atoms with Crippen molar-refractivity contribution >= 4 is 11.6 Å². The van der Waals surface area contributed by atoms with E-state index in [2.05, 4.69) is 30.4 Å². The van der Waals surface area contributed by atoms with Gasteiger partial charge in [0.05, 0.1) is 0 Å². The van der Waals surface area contributed by atoms with Gasteiger partial charge in [-0.3, -0.25) is 0 Å². The smallest absolute Gasteiger partial charge is 0.0408 e. The molecule has 0 aromatic heterocycles. The van der Waals surface area contributed by atoms with Crippen molar-refractivity contribution in [3.63, 3.8) is 0 Å². The maximum atomic E-state index is 6.07. The summed E-state index contributed by atoms with van der Waals surface area (Å²) in [6.45, 7) is 3.64. The highest BCUT2D eigenvalue weighted by atomic mass is 35.5. The number of hydrogen-bond acceptors (Lipinski definition) is 1. The molecule has 1 aromatic rings. The molecule has 2 atom stereocenters. The SMILES string of the molecule is CC1CCCC(CNC2CC(c3cccc(Cl)c3)C2)C1. The van der Waals surface area contributed by atoms with Crippen LogP contribution in [-0.4, -0.2) is 12.6 Å². The van der Waals surface area contributed by atoms with Crippen LogP contribution in [0.25, 0.3) is 0 Å². The van der Waals surface area contributed by atoms with Gasteiger partial charge in [-0.05, 0) is 67.7 Å². The Kier molecular flexibility index (Phi) is 4.68. The van der Waals surface area contributed by atoms with Gasteiger partial charge in [0.1, 0.15) is 0 Å². The summed E-state index contributed by atoms with van der Waals surface area (Å²) in [6, 6.07) is 9.11. The van der Waals surface area contributed by atoms with E-state index in [1.54, 1.807) is 0 Å². The Morgan fingerprint density at radius 1 is 1.20 bits per heavy atom. The highest BCUT2D eigenvalue weighted by Crippen LogP contribution is 2.38. The molecule has 1 nitrogen and oxygen atoms in total. The van der Waals surface area contributed by atoms with E-state index in [-0.39, 0.29) is 0 Å². The second-order valence-electron chi connectivity index (χ2n) is 6.97. The van der Waals surface area contributed by atoms with Gasteiger partial charge in [0, 0.05) is 11.1 Å². The first-order valence-corrected chi connectivity index (χ1v) is 8.57. The summed E-state index contributed by atoms with van der Waals surface area (Å²) in [7, 11) is 0. The molecule has 0 saturated heterocycles. The van der Waals surface area contributed by atoms with Crippen molar-refractivity contribution in [2.75, 3.05) is 6.54 Å². The van der Waals surface area contributed by atoms with Crippen LogP contribution >= 0.6 is 11.6 Å². The summed E-state index contributed by atoms with van der Waals surface area (Å²) in [5, 5.41) is 4.66. The lowest BCUT2D eigenvalue weighted by Gasteiger charge is -2.38. The van der Waals surface area contributed by atoms with Crippen molar-refractivity contribution in [3.05, 3.63) is 34.9 Å². The van der Waals surface area contributed by atoms with Crippen molar-refractivity contribution in [2.45, 2.75) is 57.4 Å². The predicted molar refractivity (Wildman–Crippen MR) is 86.3 cm³/mol. The lowest BCUT2D eigenvalue weighted by atomic mass is 9.75. The van der Waals surface area contributed by atoms with Gasteiger partial charge >= 0.3 is 0 Å². The average Bonchev–Trinajstić information content (AvgIpc) is 2.37. The molecule has 0 radical (unpaired) electrons. The standard InChI is InChI=1S/C18H26ClN/c1-13-4-2-5-14(8-13)12-20-18-10-16(11-18)15-6-3-7-17(19)9-15/h3,6-7,9,13-14,16,18,20H,2,4-5,8,10-12H2,1H3. The van der Waals surface area contributed by atoms with Crippen LogP contribution in [0.1, 0.15) is 56.9 Å². The molecule has 0 aliphatic heterocycles. The number of rotatable bonds is 4. The Balaban J connectivity index is 1.40.